The lowest BCUT2D eigenvalue weighted by Gasteiger charge is -2.31. The number of para-hydroxylation sites is 2. The first kappa shape index (κ1) is 14.6. The van der Waals surface area contributed by atoms with Crippen LogP contribution in [0.2, 0.25) is 0 Å². The third kappa shape index (κ3) is 4.11. The van der Waals surface area contributed by atoms with E-state index in [1.165, 1.54) is 0 Å². The van der Waals surface area contributed by atoms with Crippen molar-refractivity contribution in [2.45, 2.75) is 6.10 Å². The zero-order chi connectivity index (χ0) is 14.4. The fourth-order valence-electron chi connectivity index (χ4n) is 2.17. The number of morpholine rings is 1. The molecule has 0 saturated carbocycles. The van der Waals surface area contributed by atoms with Gasteiger partial charge in [-0.05, 0) is 12.1 Å². The predicted octanol–water partition coefficient (Wildman–Crippen LogP) is 0.260. The summed E-state index contributed by atoms with van der Waals surface area (Å²) in [5, 5.41) is 0. The third-order valence-corrected chi connectivity index (χ3v) is 3.10. The third-order valence-electron chi connectivity index (χ3n) is 3.10. The molecule has 1 aromatic carbocycles. The van der Waals surface area contributed by atoms with Crippen LogP contribution in [0.5, 0.6) is 11.5 Å². The van der Waals surface area contributed by atoms with Crippen LogP contribution in [-0.4, -0.2) is 56.9 Å². The van der Waals surface area contributed by atoms with Crippen LogP contribution in [-0.2, 0) is 9.53 Å². The Hall–Kier alpha value is -1.79. The highest BCUT2D eigenvalue weighted by molar-refractivity contribution is 5.75. The van der Waals surface area contributed by atoms with Crippen LogP contribution >= 0.6 is 0 Å². The summed E-state index contributed by atoms with van der Waals surface area (Å²) < 4.78 is 16.6. The van der Waals surface area contributed by atoms with Crippen molar-refractivity contribution in [3.05, 3.63) is 24.3 Å². The Bertz CT molecular complexity index is 453. The van der Waals surface area contributed by atoms with E-state index >= 15 is 0 Å². The van der Waals surface area contributed by atoms with Crippen molar-refractivity contribution in [3.63, 3.8) is 0 Å². The molecule has 1 aliphatic rings. The maximum Gasteiger partial charge on any atom is 0.231 e. The van der Waals surface area contributed by atoms with E-state index in [4.69, 9.17) is 19.9 Å². The summed E-state index contributed by atoms with van der Waals surface area (Å²) in [6.45, 7) is 2.60. The van der Waals surface area contributed by atoms with E-state index in [1.807, 2.05) is 29.2 Å². The summed E-state index contributed by atoms with van der Waals surface area (Å²) >= 11 is 0. The monoisotopic (exact) mass is 280 g/mol. The molecule has 1 aromatic rings. The van der Waals surface area contributed by atoms with Crippen LogP contribution in [0.3, 0.4) is 0 Å². The molecule has 0 aromatic heterocycles. The largest absolute Gasteiger partial charge is 0.493 e. The van der Waals surface area contributed by atoms with E-state index in [0.29, 0.717) is 37.8 Å². The summed E-state index contributed by atoms with van der Waals surface area (Å²) in [4.78, 5) is 12.9. The Labute approximate surface area is 118 Å². The summed E-state index contributed by atoms with van der Waals surface area (Å²) in [6.07, 6.45) is -0.0759. The zero-order valence-corrected chi connectivity index (χ0v) is 11.6. The Kier molecular flexibility index (Phi) is 5.20. The average molecular weight is 280 g/mol. The minimum Gasteiger partial charge on any atom is -0.493 e. The van der Waals surface area contributed by atoms with Gasteiger partial charge in [-0.2, -0.15) is 0 Å². The van der Waals surface area contributed by atoms with Crippen molar-refractivity contribution in [1.29, 1.82) is 0 Å². The molecular weight excluding hydrogens is 260 g/mol. The van der Waals surface area contributed by atoms with Crippen molar-refractivity contribution >= 4 is 5.91 Å². The molecule has 1 fully saturated rings. The van der Waals surface area contributed by atoms with Crippen molar-refractivity contribution < 1.29 is 19.0 Å². The van der Waals surface area contributed by atoms with Gasteiger partial charge in [0, 0.05) is 13.1 Å². The Morgan fingerprint density at radius 2 is 2.20 bits per heavy atom. The molecule has 1 aliphatic heterocycles. The molecule has 6 heteroatoms. The summed E-state index contributed by atoms with van der Waals surface area (Å²) in [5.41, 5.74) is 5.20. The molecule has 0 radical (unpaired) electrons. The van der Waals surface area contributed by atoms with Crippen LogP contribution in [0, 0.1) is 0 Å². The van der Waals surface area contributed by atoms with Crippen LogP contribution < -0.4 is 15.2 Å². The molecule has 1 amide bonds. The van der Waals surface area contributed by atoms with Gasteiger partial charge in [0.2, 0.25) is 5.91 Å². The number of carbonyl (C=O) groups is 1. The highest BCUT2D eigenvalue weighted by Crippen LogP contribution is 2.26. The fraction of sp³-hybridized carbons (Fsp3) is 0.500. The van der Waals surface area contributed by atoms with E-state index in [-0.39, 0.29) is 18.6 Å². The van der Waals surface area contributed by atoms with Gasteiger partial charge in [0.15, 0.2) is 11.5 Å². The summed E-state index contributed by atoms with van der Waals surface area (Å²) in [6, 6.07) is 7.47. The number of nitrogens with zero attached hydrogens (tertiary/aromatic N) is 1. The molecule has 2 rings (SSSR count). The van der Waals surface area contributed by atoms with Crippen molar-refractivity contribution in [2.24, 2.45) is 5.73 Å². The van der Waals surface area contributed by atoms with Crippen molar-refractivity contribution in [1.82, 2.24) is 4.90 Å². The minimum absolute atomic E-state index is 0.0759. The van der Waals surface area contributed by atoms with Crippen molar-refractivity contribution in [3.8, 4) is 11.5 Å². The maximum atomic E-state index is 10.9. The van der Waals surface area contributed by atoms with Crippen LogP contribution in [0.4, 0.5) is 0 Å². The molecule has 0 bridgehead atoms. The average Bonchev–Trinajstić information content (AvgIpc) is 2.45. The number of amides is 1. The number of methoxy groups -OCH3 is 1. The normalized spacial score (nSPS) is 19.6. The first-order valence-electron chi connectivity index (χ1n) is 6.57. The van der Waals surface area contributed by atoms with E-state index in [0.717, 1.165) is 0 Å². The molecule has 2 N–H and O–H groups in total. The Morgan fingerprint density at radius 3 is 2.90 bits per heavy atom. The molecular formula is C14H20N2O4. The van der Waals surface area contributed by atoms with Crippen LogP contribution in [0.15, 0.2) is 24.3 Å². The van der Waals surface area contributed by atoms with Gasteiger partial charge in [-0.15, -0.1) is 0 Å². The zero-order valence-electron chi connectivity index (χ0n) is 11.6. The van der Waals surface area contributed by atoms with Gasteiger partial charge in [-0.3, -0.25) is 9.69 Å². The van der Waals surface area contributed by atoms with Gasteiger partial charge >= 0.3 is 0 Å². The fourth-order valence-corrected chi connectivity index (χ4v) is 2.17. The maximum absolute atomic E-state index is 10.9. The second-order valence-corrected chi connectivity index (χ2v) is 4.66. The predicted molar refractivity (Wildman–Crippen MR) is 73.9 cm³/mol. The molecule has 1 atom stereocenters. The lowest BCUT2D eigenvalue weighted by molar-refractivity contribution is -0.121. The smallest absolute Gasteiger partial charge is 0.231 e. The number of benzene rings is 1. The molecule has 0 unspecified atom stereocenters. The lowest BCUT2D eigenvalue weighted by Crippen LogP contribution is -2.47. The Balaban J connectivity index is 1.85. The first-order chi connectivity index (χ1) is 9.69. The number of hydrogen-bond acceptors (Lipinski definition) is 5. The van der Waals surface area contributed by atoms with Crippen LogP contribution in [0.25, 0.3) is 0 Å². The highest BCUT2D eigenvalue weighted by atomic mass is 16.5. The number of ether oxygens (including phenoxy) is 3. The molecule has 20 heavy (non-hydrogen) atoms. The SMILES string of the molecule is COc1ccccc1OC[C@H]1CN(CC(N)=O)CCO1. The van der Waals surface area contributed by atoms with Gasteiger partial charge in [0.05, 0.1) is 20.3 Å². The number of carbonyl (C=O) groups excluding carboxylic acids is 1. The molecule has 0 spiro atoms. The second kappa shape index (κ2) is 7.12. The van der Waals surface area contributed by atoms with Gasteiger partial charge < -0.3 is 19.9 Å². The number of primary amides is 1. The lowest BCUT2D eigenvalue weighted by atomic mass is 10.2. The number of rotatable bonds is 6. The highest BCUT2D eigenvalue weighted by Gasteiger charge is 2.22. The second-order valence-electron chi connectivity index (χ2n) is 4.66. The molecule has 110 valence electrons. The number of nitrogens with two attached hydrogens (primary N) is 1. The van der Waals surface area contributed by atoms with Gasteiger partial charge in [-0.1, -0.05) is 12.1 Å². The minimum atomic E-state index is -0.323. The number of hydrogen-bond donors (Lipinski definition) is 1. The van der Waals surface area contributed by atoms with Crippen molar-refractivity contribution in [2.75, 3.05) is 40.0 Å². The molecule has 6 nitrogen and oxygen atoms in total. The molecule has 0 aliphatic carbocycles. The van der Waals surface area contributed by atoms with Gasteiger partial charge in [0.1, 0.15) is 12.7 Å². The topological polar surface area (TPSA) is 74.0 Å². The Morgan fingerprint density at radius 1 is 1.45 bits per heavy atom. The first-order valence-corrected chi connectivity index (χ1v) is 6.57. The van der Waals surface area contributed by atoms with Crippen LogP contribution in [0.1, 0.15) is 0 Å². The molecule has 1 heterocycles. The standard InChI is InChI=1S/C14H20N2O4/c1-18-12-4-2-3-5-13(12)20-10-11-8-16(6-7-19-11)9-14(15)17/h2-5,11H,6-10H2,1H3,(H2,15,17)/t11-/m1/s1. The van der Waals surface area contributed by atoms with Gasteiger partial charge in [-0.25, -0.2) is 0 Å². The van der Waals surface area contributed by atoms with E-state index in [9.17, 15) is 4.79 Å². The summed E-state index contributed by atoms with van der Waals surface area (Å²) in [7, 11) is 1.61. The molecule has 1 saturated heterocycles. The van der Waals surface area contributed by atoms with Gasteiger partial charge in [0.25, 0.3) is 0 Å². The summed E-state index contributed by atoms with van der Waals surface area (Å²) in [5.74, 6) is 1.05. The van der Waals surface area contributed by atoms with E-state index < -0.39 is 0 Å². The quantitative estimate of drug-likeness (QED) is 0.809. The van der Waals surface area contributed by atoms with E-state index in [1.54, 1.807) is 7.11 Å². The van der Waals surface area contributed by atoms with E-state index in [2.05, 4.69) is 0 Å².